The number of terminal acetylenes is 1. The molecule has 0 atom stereocenters. The van der Waals surface area contributed by atoms with Gasteiger partial charge in [-0.15, -0.1) is 6.42 Å². The van der Waals surface area contributed by atoms with Crippen LogP contribution in [0.1, 0.15) is 0 Å². The fraction of sp³-hybridized carbons (Fsp3) is 0.188. The summed E-state index contributed by atoms with van der Waals surface area (Å²) in [6.45, 7) is -0.626. The van der Waals surface area contributed by atoms with Crippen molar-refractivity contribution in [3.05, 3.63) is 50.2 Å². The van der Waals surface area contributed by atoms with Crippen molar-refractivity contribution in [3.8, 4) is 29.4 Å². The maximum absolute atomic E-state index is 12.8. The zero-order valence-electron chi connectivity index (χ0n) is 11.7. The van der Waals surface area contributed by atoms with E-state index in [1.54, 1.807) is 18.2 Å². The topological polar surface area (TPSA) is 31.2 Å². The Labute approximate surface area is 145 Å². The Kier molecular flexibility index (Phi) is 5.80. The van der Waals surface area contributed by atoms with Gasteiger partial charge < -0.3 is 9.30 Å². The van der Waals surface area contributed by atoms with Gasteiger partial charge in [0.15, 0.2) is 0 Å². The van der Waals surface area contributed by atoms with Crippen LogP contribution < -0.4 is 10.3 Å². The SMILES string of the molecule is C#CCOc1ccc(-c2ccc(Cl)c(=O)n2CC(F)F)c(Br)c1. The average Bonchev–Trinajstić information content (AvgIpc) is 2.50. The van der Waals surface area contributed by atoms with Crippen molar-refractivity contribution in [3.63, 3.8) is 0 Å². The summed E-state index contributed by atoms with van der Waals surface area (Å²) in [5, 5.41) is -0.112. The second-order valence-corrected chi connectivity index (χ2v) is 5.77. The molecule has 1 aromatic carbocycles. The molecule has 23 heavy (non-hydrogen) atoms. The predicted octanol–water partition coefficient (Wildman–Crippen LogP) is 4.21. The highest BCUT2D eigenvalue weighted by molar-refractivity contribution is 9.10. The van der Waals surface area contributed by atoms with Gasteiger partial charge in [0.1, 0.15) is 17.4 Å². The Morgan fingerprint density at radius 2 is 2.09 bits per heavy atom. The molecule has 1 aromatic heterocycles. The molecule has 2 aromatic rings. The summed E-state index contributed by atoms with van der Waals surface area (Å²) in [4.78, 5) is 12.1. The predicted molar refractivity (Wildman–Crippen MR) is 89.2 cm³/mol. The molecular formula is C16H11BrClF2NO2. The summed E-state index contributed by atoms with van der Waals surface area (Å²) in [5.74, 6) is 2.87. The summed E-state index contributed by atoms with van der Waals surface area (Å²) in [5.41, 5.74) is 0.228. The molecule has 0 aliphatic rings. The maximum Gasteiger partial charge on any atom is 0.269 e. The second kappa shape index (κ2) is 7.62. The van der Waals surface area contributed by atoms with Gasteiger partial charge in [0.25, 0.3) is 12.0 Å². The molecule has 0 spiro atoms. The standard InChI is InChI=1S/C16H11BrClF2NO2/c1-2-7-23-10-3-4-11(12(17)8-10)14-6-5-13(18)16(22)21(14)9-15(19)20/h1,3-6,8,15H,7,9H2. The van der Waals surface area contributed by atoms with Crippen LogP contribution in [0, 0.1) is 12.3 Å². The van der Waals surface area contributed by atoms with E-state index in [0.29, 0.717) is 21.5 Å². The number of benzene rings is 1. The van der Waals surface area contributed by atoms with Gasteiger partial charge in [-0.2, -0.15) is 0 Å². The Morgan fingerprint density at radius 3 is 2.70 bits per heavy atom. The van der Waals surface area contributed by atoms with Crippen molar-refractivity contribution in [1.29, 1.82) is 0 Å². The third-order valence-electron chi connectivity index (χ3n) is 2.99. The number of halogens is 4. The van der Waals surface area contributed by atoms with Crippen LogP contribution in [0.2, 0.25) is 5.02 Å². The van der Waals surface area contributed by atoms with Gasteiger partial charge in [0, 0.05) is 10.0 Å². The number of ether oxygens (including phenoxy) is 1. The van der Waals surface area contributed by atoms with Gasteiger partial charge in [-0.05, 0) is 46.3 Å². The molecule has 0 aliphatic carbocycles. The molecule has 0 saturated carbocycles. The van der Waals surface area contributed by atoms with Gasteiger partial charge in [0.05, 0.1) is 12.2 Å². The molecule has 1 heterocycles. The summed E-state index contributed by atoms with van der Waals surface area (Å²) >= 11 is 9.10. The highest BCUT2D eigenvalue weighted by Gasteiger charge is 2.16. The van der Waals surface area contributed by atoms with Crippen LogP contribution >= 0.6 is 27.5 Å². The lowest BCUT2D eigenvalue weighted by molar-refractivity contribution is 0.126. The van der Waals surface area contributed by atoms with Gasteiger partial charge in [-0.3, -0.25) is 4.79 Å². The molecule has 0 bridgehead atoms. The van der Waals surface area contributed by atoms with Crippen LogP contribution in [0.4, 0.5) is 8.78 Å². The third kappa shape index (κ3) is 4.12. The lowest BCUT2D eigenvalue weighted by Crippen LogP contribution is -2.25. The molecule has 120 valence electrons. The molecule has 0 amide bonds. The van der Waals surface area contributed by atoms with Gasteiger partial charge in [0.2, 0.25) is 0 Å². The van der Waals surface area contributed by atoms with Crippen LogP contribution in [0.5, 0.6) is 5.75 Å². The monoisotopic (exact) mass is 401 g/mol. The third-order valence-corrected chi connectivity index (χ3v) is 3.93. The molecule has 3 nitrogen and oxygen atoms in total. The van der Waals surface area contributed by atoms with Crippen molar-refractivity contribution in [2.75, 3.05) is 6.61 Å². The minimum absolute atomic E-state index is 0.112. The number of aromatic nitrogens is 1. The van der Waals surface area contributed by atoms with Crippen LogP contribution in [0.3, 0.4) is 0 Å². The Hall–Kier alpha value is -1.84. The van der Waals surface area contributed by atoms with Gasteiger partial charge in [-0.1, -0.05) is 17.5 Å². The van der Waals surface area contributed by atoms with Crippen molar-refractivity contribution in [2.45, 2.75) is 13.0 Å². The van der Waals surface area contributed by atoms with Crippen LogP contribution in [-0.2, 0) is 6.54 Å². The summed E-state index contributed by atoms with van der Waals surface area (Å²) in [6, 6.07) is 7.85. The first kappa shape index (κ1) is 17.5. The number of hydrogen-bond acceptors (Lipinski definition) is 2. The van der Waals surface area contributed by atoms with E-state index in [1.165, 1.54) is 12.1 Å². The van der Waals surface area contributed by atoms with E-state index in [0.717, 1.165) is 4.57 Å². The summed E-state index contributed by atoms with van der Waals surface area (Å²) in [6.07, 6.45) is 2.45. The highest BCUT2D eigenvalue weighted by atomic mass is 79.9. The first-order valence-electron chi connectivity index (χ1n) is 6.47. The Balaban J connectivity index is 2.52. The molecule has 0 fully saturated rings. The fourth-order valence-corrected chi connectivity index (χ4v) is 2.75. The zero-order valence-corrected chi connectivity index (χ0v) is 14.1. The number of rotatable bonds is 5. The van der Waals surface area contributed by atoms with E-state index in [2.05, 4.69) is 21.9 Å². The van der Waals surface area contributed by atoms with E-state index in [9.17, 15) is 13.6 Å². The molecule has 7 heteroatoms. The maximum atomic E-state index is 12.8. The summed E-state index contributed by atoms with van der Waals surface area (Å²) in [7, 11) is 0. The fourth-order valence-electron chi connectivity index (χ4n) is 2.02. The number of alkyl halides is 2. The van der Waals surface area contributed by atoms with E-state index in [1.807, 2.05) is 0 Å². The number of hydrogen-bond donors (Lipinski definition) is 0. The molecule has 0 saturated heterocycles. The minimum Gasteiger partial charge on any atom is -0.481 e. The van der Waals surface area contributed by atoms with Gasteiger partial charge >= 0.3 is 0 Å². The minimum atomic E-state index is -2.68. The van der Waals surface area contributed by atoms with Crippen molar-refractivity contribution < 1.29 is 13.5 Å². The lowest BCUT2D eigenvalue weighted by atomic mass is 10.1. The molecule has 0 N–H and O–H groups in total. The lowest BCUT2D eigenvalue weighted by Gasteiger charge is -2.15. The molecule has 0 unspecified atom stereocenters. The van der Waals surface area contributed by atoms with Gasteiger partial charge in [-0.25, -0.2) is 8.78 Å². The van der Waals surface area contributed by atoms with Crippen molar-refractivity contribution in [2.24, 2.45) is 0 Å². The average molecular weight is 403 g/mol. The summed E-state index contributed by atoms with van der Waals surface area (Å²) < 4.78 is 32.4. The highest BCUT2D eigenvalue weighted by Crippen LogP contribution is 2.31. The van der Waals surface area contributed by atoms with Crippen molar-refractivity contribution in [1.82, 2.24) is 4.57 Å². The Bertz CT molecular complexity index is 815. The number of nitrogens with zero attached hydrogens (tertiary/aromatic N) is 1. The largest absolute Gasteiger partial charge is 0.481 e. The van der Waals surface area contributed by atoms with Crippen LogP contribution in [0.25, 0.3) is 11.3 Å². The zero-order chi connectivity index (χ0) is 17.0. The molecule has 0 radical (unpaired) electrons. The van der Waals surface area contributed by atoms with Crippen molar-refractivity contribution >= 4 is 27.5 Å². The van der Waals surface area contributed by atoms with Crippen LogP contribution in [0.15, 0.2) is 39.6 Å². The quantitative estimate of drug-likeness (QED) is 0.702. The smallest absolute Gasteiger partial charge is 0.269 e. The Morgan fingerprint density at radius 1 is 1.35 bits per heavy atom. The second-order valence-electron chi connectivity index (χ2n) is 4.51. The molecular weight excluding hydrogens is 392 g/mol. The first-order chi connectivity index (χ1) is 10.9. The first-order valence-corrected chi connectivity index (χ1v) is 7.64. The van der Waals surface area contributed by atoms with Crippen LogP contribution in [-0.4, -0.2) is 17.6 Å². The van der Waals surface area contributed by atoms with E-state index < -0.39 is 18.5 Å². The molecule has 0 aliphatic heterocycles. The van der Waals surface area contributed by atoms with E-state index >= 15 is 0 Å². The van der Waals surface area contributed by atoms with E-state index in [-0.39, 0.29) is 11.6 Å². The van der Waals surface area contributed by atoms with E-state index in [4.69, 9.17) is 22.8 Å². The molecule has 2 rings (SSSR count). The normalized spacial score (nSPS) is 10.6. The number of pyridine rings is 1.